The number of nitrogens with one attached hydrogen (secondary N) is 1. The second-order valence-corrected chi connectivity index (χ2v) is 5.46. The number of aromatic nitrogens is 1. The van der Waals surface area contributed by atoms with Gasteiger partial charge in [0.15, 0.2) is 11.6 Å². The first-order chi connectivity index (χ1) is 9.04. The Bertz CT molecular complexity index is 366. The number of pyridine rings is 1. The van der Waals surface area contributed by atoms with Crippen molar-refractivity contribution < 1.29 is 4.74 Å². The number of anilines is 1. The number of rotatable bonds is 8. The summed E-state index contributed by atoms with van der Waals surface area (Å²) in [5.74, 6) is 2.22. The van der Waals surface area contributed by atoms with Crippen LogP contribution in [0.25, 0.3) is 0 Å². The molecule has 0 saturated carbocycles. The largest absolute Gasteiger partial charge is 0.490 e. The third kappa shape index (κ3) is 5.47. The third-order valence-corrected chi connectivity index (χ3v) is 2.92. The summed E-state index contributed by atoms with van der Waals surface area (Å²) < 4.78 is 5.73. The molecule has 0 radical (unpaired) electrons. The van der Waals surface area contributed by atoms with Crippen LogP contribution in [0.1, 0.15) is 27.2 Å². The van der Waals surface area contributed by atoms with Gasteiger partial charge in [-0.15, -0.1) is 0 Å². The van der Waals surface area contributed by atoms with Crippen molar-refractivity contribution in [1.82, 2.24) is 9.88 Å². The first-order valence-electron chi connectivity index (χ1n) is 7.03. The summed E-state index contributed by atoms with van der Waals surface area (Å²) in [6, 6.07) is 4.23. The van der Waals surface area contributed by atoms with Crippen LogP contribution in [0.4, 0.5) is 5.82 Å². The molecule has 1 aromatic heterocycles. The van der Waals surface area contributed by atoms with Gasteiger partial charge in [-0.25, -0.2) is 4.98 Å². The van der Waals surface area contributed by atoms with E-state index in [4.69, 9.17) is 4.74 Å². The van der Waals surface area contributed by atoms with Gasteiger partial charge >= 0.3 is 0 Å². The van der Waals surface area contributed by atoms with Gasteiger partial charge < -0.3 is 15.0 Å². The van der Waals surface area contributed by atoms with Crippen LogP contribution in [-0.4, -0.2) is 43.2 Å². The number of hydrogen-bond donors (Lipinski definition) is 1. The Morgan fingerprint density at radius 1 is 1.37 bits per heavy atom. The number of ether oxygens (including phenoxy) is 1. The van der Waals surface area contributed by atoms with Crippen LogP contribution in [0.3, 0.4) is 0 Å². The Hall–Kier alpha value is -1.29. The molecule has 1 heterocycles. The molecule has 0 bridgehead atoms. The van der Waals surface area contributed by atoms with Crippen molar-refractivity contribution in [2.75, 3.05) is 32.6 Å². The summed E-state index contributed by atoms with van der Waals surface area (Å²) in [5, 5.41) is 3.51. The molecule has 1 N–H and O–H groups in total. The van der Waals surface area contributed by atoms with E-state index in [0.29, 0.717) is 12.0 Å². The summed E-state index contributed by atoms with van der Waals surface area (Å²) in [5.41, 5.74) is 0. The molecule has 0 aliphatic carbocycles. The SMILES string of the molecule is CCCOc1cccnc1NC(CN(C)C)C(C)C. The quantitative estimate of drug-likeness (QED) is 0.784. The summed E-state index contributed by atoms with van der Waals surface area (Å²) in [7, 11) is 4.17. The zero-order valence-electron chi connectivity index (χ0n) is 12.8. The van der Waals surface area contributed by atoms with E-state index in [2.05, 4.69) is 50.1 Å². The van der Waals surface area contributed by atoms with Gasteiger partial charge in [-0.3, -0.25) is 0 Å². The Labute approximate surface area is 117 Å². The van der Waals surface area contributed by atoms with Crippen LogP contribution < -0.4 is 10.1 Å². The van der Waals surface area contributed by atoms with Gasteiger partial charge in [0, 0.05) is 18.8 Å². The normalized spacial score (nSPS) is 12.8. The molecule has 19 heavy (non-hydrogen) atoms. The molecule has 1 rings (SSSR count). The molecule has 1 atom stereocenters. The van der Waals surface area contributed by atoms with Crippen molar-refractivity contribution in [2.45, 2.75) is 33.2 Å². The highest BCUT2D eigenvalue weighted by molar-refractivity contribution is 5.50. The molecule has 0 aliphatic heterocycles. The Kier molecular flexibility index (Phi) is 6.64. The van der Waals surface area contributed by atoms with Crippen molar-refractivity contribution >= 4 is 5.82 Å². The molecule has 4 heteroatoms. The monoisotopic (exact) mass is 265 g/mol. The molecule has 0 aliphatic rings. The van der Waals surface area contributed by atoms with Gasteiger partial charge in [-0.05, 0) is 38.6 Å². The summed E-state index contributed by atoms with van der Waals surface area (Å²) in [6.45, 7) is 8.24. The van der Waals surface area contributed by atoms with E-state index >= 15 is 0 Å². The average molecular weight is 265 g/mol. The van der Waals surface area contributed by atoms with E-state index in [0.717, 1.165) is 31.1 Å². The predicted molar refractivity (Wildman–Crippen MR) is 80.8 cm³/mol. The lowest BCUT2D eigenvalue weighted by Crippen LogP contribution is -2.36. The van der Waals surface area contributed by atoms with Crippen molar-refractivity contribution in [2.24, 2.45) is 5.92 Å². The van der Waals surface area contributed by atoms with E-state index in [1.807, 2.05) is 12.1 Å². The lowest BCUT2D eigenvalue weighted by Gasteiger charge is -2.26. The fraction of sp³-hybridized carbons (Fsp3) is 0.667. The van der Waals surface area contributed by atoms with Crippen molar-refractivity contribution in [3.8, 4) is 5.75 Å². The van der Waals surface area contributed by atoms with E-state index in [-0.39, 0.29) is 0 Å². The smallest absolute Gasteiger partial charge is 0.169 e. The zero-order chi connectivity index (χ0) is 14.3. The Morgan fingerprint density at radius 2 is 2.11 bits per heavy atom. The highest BCUT2D eigenvalue weighted by Gasteiger charge is 2.16. The minimum absolute atomic E-state index is 0.355. The molecular formula is C15H27N3O. The molecule has 4 nitrogen and oxygen atoms in total. The molecule has 0 fully saturated rings. The van der Waals surface area contributed by atoms with Gasteiger partial charge in [0.05, 0.1) is 6.61 Å². The minimum Gasteiger partial charge on any atom is -0.490 e. The average Bonchev–Trinajstić information content (AvgIpc) is 2.36. The van der Waals surface area contributed by atoms with E-state index in [9.17, 15) is 0 Å². The maximum absolute atomic E-state index is 5.73. The molecule has 108 valence electrons. The van der Waals surface area contributed by atoms with Gasteiger partial charge in [0.2, 0.25) is 0 Å². The van der Waals surface area contributed by atoms with Gasteiger partial charge in [0.1, 0.15) is 0 Å². The molecule has 1 aromatic rings. The molecule has 0 saturated heterocycles. The Balaban J connectivity index is 2.77. The van der Waals surface area contributed by atoms with Crippen LogP contribution in [0.15, 0.2) is 18.3 Å². The van der Waals surface area contributed by atoms with Crippen molar-refractivity contribution in [3.05, 3.63) is 18.3 Å². The van der Waals surface area contributed by atoms with Gasteiger partial charge in [-0.1, -0.05) is 20.8 Å². The molecule has 0 amide bonds. The zero-order valence-corrected chi connectivity index (χ0v) is 12.8. The highest BCUT2D eigenvalue weighted by atomic mass is 16.5. The number of likely N-dealkylation sites (N-methyl/N-ethyl adjacent to an activating group) is 1. The van der Waals surface area contributed by atoms with Crippen molar-refractivity contribution in [1.29, 1.82) is 0 Å². The lowest BCUT2D eigenvalue weighted by atomic mass is 10.0. The molecule has 0 aromatic carbocycles. The van der Waals surface area contributed by atoms with Crippen LogP contribution in [-0.2, 0) is 0 Å². The van der Waals surface area contributed by atoms with Crippen molar-refractivity contribution in [3.63, 3.8) is 0 Å². The van der Waals surface area contributed by atoms with E-state index in [1.54, 1.807) is 6.20 Å². The van der Waals surface area contributed by atoms with E-state index in [1.165, 1.54) is 0 Å². The maximum atomic E-state index is 5.73. The second-order valence-electron chi connectivity index (χ2n) is 5.46. The van der Waals surface area contributed by atoms with Crippen LogP contribution in [0.5, 0.6) is 5.75 Å². The number of hydrogen-bond acceptors (Lipinski definition) is 4. The van der Waals surface area contributed by atoms with E-state index < -0.39 is 0 Å². The van der Waals surface area contributed by atoms with Crippen LogP contribution >= 0.6 is 0 Å². The predicted octanol–water partition coefficient (Wildman–Crippen LogP) is 2.87. The molecule has 0 spiro atoms. The highest BCUT2D eigenvalue weighted by Crippen LogP contribution is 2.23. The summed E-state index contributed by atoms with van der Waals surface area (Å²) >= 11 is 0. The van der Waals surface area contributed by atoms with Gasteiger partial charge in [0.25, 0.3) is 0 Å². The molecular weight excluding hydrogens is 238 g/mol. The topological polar surface area (TPSA) is 37.4 Å². The maximum Gasteiger partial charge on any atom is 0.169 e. The van der Waals surface area contributed by atoms with Crippen LogP contribution in [0.2, 0.25) is 0 Å². The standard InChI is InChI=1S/C15H27N3O/c1-6-10-19-14-8-7-9-16-15(14)17-13(12(2)3)11-18(4)5/h7-9,12-13H,6,10-11H2,1-5H3,(H,16,17). The first kappa shape index (κ1) is 15.8. The summed E-state index contributed by atoms with van der Waals surface area (Å²) in [4.78, 5) is 6.59. The second kappa shape index (κ2) is 8.00. The summed E-state index contributed by atoms with van der Waals surface area (Å²) in [6.07, 6.45) is 2.80. The van der Waals surface area contributed by atoms with Gasteiger partial charge in [-0.2, -0.15) is 0 Å². The lowest BCUT2D eigenvalue weighted by molar-refractivity contribution is 0.314. The molecule has 1 unspecified atom stereocenters. The first-order valence-corrected chi connectivity index (χ1v) is 7.03. The third-order valence-electron chi connectivity index (χ3n) is 2.92. The number of nitrogens with zero attached hydrogens (tertiary/aromatic N) is 2. The fourth-order valence-electron chi connectivity index (χ4n) is 1.82. The Morgan fingerprint density at radius 3 is 2.68 bits per heavy atom. The van der Waals surface area contributed by atoms with Crippen LogP contribution in [0, 0.1) is 5.92 Å². The fourth-order valence-corrected chi connectivity index (χ4v) is 1.82. The minimum atomic E-state index is 0.355.